The second-order valence-corrected chi connectivity index (χ2v) is 7.11. The van der Waals surface area contributed by atoms with Gasteiger partial charge in [-0.25, -0.2) is 0 Å². The maximum Gasteiger partial charge on any atom is 0.0462 e. The van der Waals surface area contributed by atoms with Crippen LogP contribution in [0.25, 0.3) is 0 Å². The van der Waals surface area contributed by atoms with Crippen molar-refractivity contribution in [1.82, 2.24) is 5.43 Å². The fourth-order valence-electron chi connectivity index (χ4n) is 2.94. The molecule has 120 valence electrons. The molecule has 0 aromatic heterocycles. The minimum Gasteiger partial charge on any atom is -0.271 e. The van der Waals surface area contributed by atoms with E-state index in [1.165, 1.54) is 49.7 Å². The van der Waals surface area contributed by atoms with Crippen LogP contribution < -0.4 is 11.3 Å². The number of hydrazine groups is 1. The van der Waals surface area contributed by atoms with E-state index in [-0.39, 0.29) is 11.5 Å². The number of unbranched alkanes of at least 4 members (excludes halogenated alkanes) is 5. The number of rotatable bonds is 9. The summed E-state index contributed by atoms with van der Waals surface area (Å²) >= 11 is 0. The van der Waals surface area contributed by atoms with Crippen LogP contribution in [0.1, 0.15) is 89.8 Å². The Kier molecular flexibility index (Phi) is 7.98. The van der Waals surface area contributed by atoms with Gasteiger partial charge in [-0.15, -0.1) is 0 Å². The van der Waals surface area contributed by atoms with E-state index in [0.29, 0.717) is 0 Å². The Morgan fingerprint density at radius 3 is 2.24 bits per heavy atom. The van der Waals surface area contributed by atoms with Gasteiger partial charge in [0.05, 0.1) is 0 Å². The number of hydrogen-bond acceptors (Lipinski definition) is 2. The molecule has 0 bridgehead atoms. The van der Waals surface area contributed by atoms with Gasteiger partial charge >= 0.3 is 0 Å². The normalized spacial score (nSPS) is 13.4. The van der Waals surface area contributed by atoms with E-state index < -0.39 is 0 Å². The summed E-state index contributed by atoms with van der Waals surface area (Å²) in [7, 11) is 0. The first kappa shape index (κ1) is 18.2. The van der Waals surface area contributed by atoms with Crippen molar-refractivity contribution >= 4 is 0 Å². The van der Waals surface area contributed by atoms with Gasteiger partial charge in [-0.1, -0.05) is 90.5 Å². The van der Waals surface area contributed by atoms with E-state index >= 15 is 0 Å². The molecule has 1 aromatic rings. The summed E-state index contributed by atoms with van der Waals surface area (Å²) in [6.45, 7) is 9.07. The molecule has 0 radical (unpaired) electrons. The highest BCUT2D eigenvalue weighted by Gasteiger charge is 2.21. The third-order valence-corrected chi connectivity index (χ3v) is 4.19. The van der Waals surface area contributed by atoms with Gasteiger partial charge in [-0.2, -0.15) is 0 Å². The highest BCUT2D eigenvalue weighted by atomic mass is 15.2. The molecule has 0 spiro atoms. The fraction of sp³-hybridized carbons (Fsp3) is 0.684. The Morgan fingerprint density at radius 2 is 1.62 bits per heavy atom. The molecule has 2 nitrogen and oxygen atoms in total. The third-order valence-electron chi connectivity index (χ3n) is 4.19. The zero-order chi connectivity index (χ0) is 15.7. The van der Waals surface area contributed by atoms with Crippen LogP contribution in [0.15, 0.2) is 24.3 Å². The van der Waals surface area contributed by atoms with Crippen molar-refractivity contribution in [2.45, 2.75) is 84.1 Å². The minimum absolute atomic E-state index is 0.160. The molecule has 3 N–H and O–H groups in total. The van der Waals surface area contributed by atoms with E-state index in [1.807, 2.05) is 0 Å². The van der Waals surface area contributed by atoms with Crippen LogP contribution in [0.3, 0.4) is 0 Å². The quantitative estimate of drug-likeness (QED) is 0.371. The van der Waals surface area contributed by atoms with E-state index in [1.54, 1.807) is 0 Å². The van der Waals surface area contributed by atoms with Crippen LogP contribution in [-0.2, 0) is 5.41 Å². The van der Waals surface area contributed by atoms with Crippen molar-refractivity contribution in [3.8, 4) is 0 Å². The van der Waals surface area contributed by atoms with Crippen LogP contribution in [0.4, 0.5) is 0 Å². The molecule has 1 rings (SSSR count). The van der Waals surface area contributed by atoms with Crippen LogP contribution in [0, 0.1) is 0 Å². The molecule has 1 unspecified atom stereocenters. The molecule has 0 aliphatic heterocycles. The van der Waals surface area contributed by atoms with E-state index in [4.69, 9.17) is 5.84 Å². The first-order valence-electron chi connectivity index (χ1n) is 8.56. The second-order valence-electron chi connectivity index (χ2n) is 7.11. The Bertz CT molecular complexity index is 393. The summed E-state index contributed by atoms with van der Waals surface area (Å²) in [6, 6.07) is 8.98. The Balaban J connectivity index is 2.60. The van der Waals surface area contributed by atoms with E-state index in [9.17, 15) is 0 Å². The van der Waals surface area contributed by atoms with E-state index in [0.717, 1.165) is 6.42 Å². The van der Waals surface area contributed by atoms with Gasteiger partial charge in [0, 0.05) is 6.04 Å². The average Bonchev–Trinajstić information content (AvgIpc) is 2.46. The fourth-order valence-corrected chi connectivity index (χ4v) is 2.94. The molecule has 21 heavy (non-hydrogen) atoms. The van der Waals surface area contributed by atoms with Crippen LogP contribution in [0.5, 0.6) is 0 Å². The topological polar surface area (TPSA) is 38.0 Å². The highest BCUT2D eigenvalue weighted by molar-refractivity contribution is 5.35. The molecule has 0 amide bonds. The molecule has 0 heterocycles. The SMILES string of the molecule is CCCCCCCCC(NN)c1ccccc1C(C)(C)C. The molecule has 1 atom stereocenters. The number of benzene rings is 1. The monoisotopic (exact) mass is 290 g/mol. The molecule has 0 fully saturated rings. The predicted molar refractivity (Wildman–Crippen MR) is 93.2 cm³/mol. The second kappa shape index (κ2) is 9.22. The third kappa shape index (κ3) is 6.19. The van der Waals surface area contributed by atoms with Gasteiger partial charge in [0.15, 0.2) is 0 Å². The van der Waals surface area contributed by atoms with Crippen molar-refractivity contribution in [1.29, 1.82) is 0 Å². The molecular weight excluding hydrogens is 256 g/mol. The largest absolute Gasteiger partial charge is 0.271 e. The molecule has 0 aliphatic carbocycles. The van der Waals surface area contributed by atoms with Crippen molar-refractivity contribution in [3.63, 3.8) is 0 Å². The van der Waals surface area contributed by atoms with Crippen molar-refractivity contribution in [2.24, 2.45) is 5.84 Å². The predicted octanol–water partition coefficient (Wildman–Crippen LogP) is 5.24. The van der Waals surface area contributed by atoms with Gasteiger partial charge < -0.3 is 0 Å². The Hall–Kier alpha value is -0.860. The zero-order valence-electron chi connectivity index (χ0n) is 14.4. The lowest BCUT2D eigenvalue weighted by Crippen LogP contribution is -2.30. The van der Waals surface area contributed by atoms with Crippen molar-refractivity contribution < 1.29 is 0 Å². The number of nitrogens with two attached hydrogens (primary N) is 1. The van der Waals surface area contributed by atoms with Crippen LogP contribution in [-0.4, -0.2) is 0 Å². The Labute approximate surface area is 131 Å². The van der Waals surface area contributed by atoms with Crippen LogP contribution >= 0.6 is 0 Å². The summed E-state index contributed by atoms with van der Waals surface area (Å²) in [5, 5.41) is 0. The van der Waals surface area contributed by atoms with Crippen molar-refractivity contribution in [2.75, 3.05) is 0 Å². The lowest BCUT2D eigenvalue weighted by molar-refractivity contribution is 0.464. The molecule has 2 heteroatoms. The maximum absolute atomic E-state index is 5.83. The number of nitrogens with one attached hydrogen (secondary N) is 1. The first-order chi connectivity index (χ1) is 10.0. The van der Waals surface area contributed by atoms with Gasteiger partial charge in [-0.3, -0.25) is 11.3 Å². The van der Waals surface area contributed by atoms with Gasteiger partial charge in [0.25, 0.3) is 0 Å². The van der Waals surface area contributed by atoms with Gasteiger partial charge in [0.1, 0.15) is 0 Å². The molecule has 0 saturated heterocycles. The van der Waals surface area contributed by atoms with Gasteiger partial charge in [-0.05, 0) is 23.0 Å². The summed E-state index contributed by atoms with van der Waals surface area (Å²) in [5.74, 6) is 5.83. The molecule has 1 aromatic carbocycles. The van der Waals surface area contributed by atoms with E-state index in [2.05, 4.69) is 57.4 Å². The first-order valence-corrected chi connectivity index (χ1v) is 8.56. The van der Waals surface area contributed by atoms with Crippen molar-refractivity contribution in [3.05, 3.63) is 35.4 Å². The maximum atomic E-state index is 5.83. The van der Waals surface area contributed by atoms with Gasteiger partial charge in [0.2, 0.25) is 0 Å². The number of hydrogen-bond donors (Lipinski definition) is 2. The average molecular weight is 290 g/mol. The van der Waals surface area contributed by atoms with Crippen LogP contribution in [0.2, 0.25) is 0 Å². The lowest BCUT2D eigenvalue weighted by atomic mass is 9.81. The summed E-state index contributed by atoms with van der Waals surface area (Å²) in [6.07, 6.45) is 9.09. The standard InChI is InChI=1S/C19H34N2/c1-5-6-7-8-9-10-15-18(21-20)16-13-11-12-14-17(16)19(2,3)4/h11-14,18,21H,5-10,15,20H2,1-4H3. The summed E-state index contributed by atoms with van der Waals surface area (Å²) in [4.78, 5) is 0. The lowest BCUT2D eigenvalue weighted by Gasteiger charge is -2.27. The molecule has 0 aliphatic rings. The minimum atomic E-state index is 0.160. The smallest absolute Gasteiger partial charge is 0.0462 e. The highest BCUT2D eigenvalue weighted by Crippen LogP contribution is 2.31. The zero-order valence-corrected chi connectivity index (χ0v) is 14.4. The molecule has 0 saturated carbocycles. The summed E-state index contributed by atoms with van der Waals surface area (Å²) in [5.41, 5.74) is 5.96. The molecular formula is C19H34N2. The summed E-state index contributed by atoms with van der Waals surface area (Å²) < 4.78 is 0. The Morgan fingerprint density at radius 1 is 1.00 bits per heavy atom.